The van der Waals surface area contributed by atoms with Gasteiger partial charge in [-0.1, -0.05) is 13.8 Å². The summed E-state index contributed by atoms with van der Waals surface area (Å²) in [6, 6.07) is 8.30. The fraction of sp³-hybridized carbons (Fsp3) is 0.500. The Kier molecular flexibility index (Phi) is 4.26. The predicted molar refractivity (Wildman–Crippen MR) is 93.1 cm³/mol. The number of hydrogen-bond acceptors (Lipinski definition) is 2. The zero-order valence-electron chi connectivity index (χ0n) is 14.6. The highest BCUT2D eigenvalue weighted by atomic mass is 15.3. The molecule has 0 spiro atoms. The van der Waals surface area contributed by atoms with Crippen LogP contribution in [0.5, 0.6) is 0 Å². The van der Waals surface area contributed by atoms with Crippen LogP contribution in [-0.2, 0) is 0 Å². The van der Waals surface area contributed by atoms with Crippen molar-refractivity contribution in [1.82, 2.24) is 9.78 Å². The summed E-state index contributed by atoms with van der Waals surface area (Å²) >= 11 is 0. The van der Waals surface area contributed by atoms with Gasteiger partial charge in [0.1, 0.15) is 0 Å². The molecule has 0 atom stereocenters. The highest BCUT2D eigenvalue weighted by Crippen LogP contribution is 2.46. The van der Waals surface area contributed by atoms with E-state index in [0.717, 1.165) is 11.5 Å². The van der Waals surface area contributed by atoms with Crippen molar-refractivity contribution in [3.05, 3.63) is 46.3 Å². The number of rotatable bonds is 3. The van der Waals surface area contributed by atoms with Crippen LogP contribution in [0.25, 0.3) is 5.69 Å². The van der Waals surface area contributed by atoms with E-state index >= 15 is 0 Å². The third kappa shape index (κ3) is 2.91. The summed E-state index contributed by atoms with van der Waals surface area (Å²) in [6.07, 6.45) is 5.07. The number of hydrogen-bond donors (Lipinski definition) is 0. The third-order valence-corrected chi connectivity index (χ3v) is 4.73. The van der Waals surface area contributed by atoms with Gasteiger partial charge in [0.15, 0.2) is 0 Å². The van der Waals surface area contributed by atoms with Gasteiger partial charge >= 0.3 is 0 Å². The maximum Gasteiger partial charge on any atom is 0.0991 e. The first-order chi connectivity index (χ1) is 11.2. The lowest BCUT2D eigenvalue weighted by Crippen LogP contribution is -2.04. The van der Waals surface area contributed by atoms with Gasteiger partial charge in [-0.2, -0.15) is 10.4 Å². The predicted octanol–water partition coefficient (Wildman–Crippen LogP) is 5.14. The SMILES string of the molecule is CC.Cc1nn(-c2ccc(C#N)cc2C2CC2)c(C)c1C1CC1. The Bertz CT molecular complexity index is 756. The van der Waals surface area contributed by atoms with Gasteiger partial charge in [0.05, 0.1) is 23.0 Å². The van der Waals surface area contributed by atoms with Gasteiger partial charge in [-0.15, -0.1) is 0 Å². The van der Waals surface area contributed by atoms with Gasteiger partial charge in [0.2, 0.25) is 0 Å². The van der Waals surface area contributed by atoms with E-state index in [1.165, 1.54) is 53.9 Å². The van der Waals surface area contributed by atoms with Gasteiger partial charge in [-0.3, -0.25) is 0 Å². The minimum atomic E-state index is 0.613. The summed E-state index contributed by atoms with van der Waals surface area (Å²) < 4.78 is 2.11. The monoisotopic (exact) mass is 307 g/mol. The largest absolute Gasteiger partial charge is 0.237 e. The van der Waals surface area contributed by atoms with E-state index in [1.807, 2.05) is 19.9 Å². The van der Waals surface area contributed by atoms with E-state index in [2.05, 4.69) is 36.7 Å². The molecule has 1 heterocycles. The number of aromatic nitrogens is 2. The molecule has 2 saturated carbocycles. The number of nitrogens with zero attached hydrogens (tertiary/aromatic N) is 3. The number of benzene rings is 1. The van der Waals surface area contributed by atoms with Crippen LogP contribution in [0.15, 0.2) is 18.2 Å². The Hall–Kier alpha value is -2.08. The molecule has 0 aliphatic heterocycles. The Morgan fingerprint density at radius 2 is 1.74 bits per heavy atom. The van der Waals surface area contributed by atoms with Crippen molar-refractivity contribution >= 4 is 0 Å². The average Bonchev–Trinajstić information content (AvgIpc) is 3.48. The molecule has 1 aromatic heterocycles. The molecule has 4 rings (SSSR count). The fourth-order valence-electron chi connectivity index (χ4n) is 3.39. The van der Waals surface area contributed by atoms with Crippen LogP contribution in [0.3, 0.4) is 0 Å². The van der Waals surface area contributed by atoms with Crippen molar-refractivity contribution in [2.45, 2.75) is 65.2 Å². The summed E-state index contributed by atoms with van der Waals surface area (Å²) in [5.74, 6) is 1.34. The molecule has 2 aliphatic carbocycles. The second kappa shape index (κ2) is 6.20. The van der Waals surface area contributed by atoms with E-state index in [1.54, 1.807) is 0 Å². The molecule has 0 amide bonds. The zero-order chi connectivity index (χ0) is 16.6. The Morgan fingerprint density at radius 1 is 1.09 bits per heavy atom. The van der Waals surface area contributed by atoms with Gasteiger partial charge < -0.3 is 0 Å². The first-order valence-electron chi connectivity index (χ1n) is 8.79. The van der Waals surface area contributed by atoms with Crippen LogP contribution in [-0.4, -0.2) is 9.78 Å². The lowest BCUT2D eigenvalue weighted by molar-refractivity contribution is 0.817. The lowest BCUT2D eigenvalue weighted by Gasteiger charge is -2.11. The molecular weight excluding hydrogens is 282 g/mol. The molecule has 1 aromatic carbocycles. The summed E-state index contributed by atoms with van der Waals surface area (Å²) in [5, 5.41) is 13.9. The molecule has 120 valence electrons. The third-order valence-electron chi connectivity index (χ3n) is 4.73. The quantitative estimate of drug-likeness (QED) is 0.787. The number of nitriles is 1. The fourth-order valence-corrected chi connectivity index (χ4v) is 3.39. The van der Waals surface area contributed by atoms with Gasteiger partial charge in [0.25, 0.3) is 0 Å². The lowest BCUT2D eigenvalue weighted by atomic mass is 10.0. The molecule has 0 bridgehead atoms. The molecule has 0 radical (unpaired) electrons. The van der Waals surface area contributed by atoms with Crippen molar-refractivity contribution in [2.24, 2.45) is 0 Å². The molecule has 0 saturated heterocycles. The maximum atomic E-state index is 9.14. The maximum absolute atomic E-state index is 9.14. The highest BCUT2D eigenvalue weighted by Gasteiger charge is 2.32. The van der Waals surface area contributed by atoms with Crippen LogP contribution in [0.1, 0.15) is 79.4 Å². The van der Waals surface area contributed by atoms with Crippen LogP contribution in [0.2, 0.25) is 0 Å². The van der Waals surface area contributed by atoms with E-state index in [9.17, 15) is 0 Å². The first kappa shape index (κ1) is 15.8. The molecule has 3 nitrogen and oxygen atoms in total. The van der Waals surface area contributed by atoms with Crippen molar-refractivity contribution in [3.8, 4) is 11.8 Å². The van der Waals surface area contributed by atoms with Gasteiger partial charge in [-0.25, -0.2) is 4.68 Å². The minimum absolute atomic E-state index is 0.613. The second-order valence-corrected chi connectivity index (χ2v) is 6.43. The minimum Gasteiger partial charge on any atom is -0.237 e. The summed E-state index contributed by atoms with van der Waals surface area (Å²) in [7, 11) is 0. The van der Waals surface area contributed by atoms with Crippen LogP contribution >= 0.6 is 0 Å². The second-order valence-electron chi connectivity index (χ2n) is 6.43. The van der Waals surface area contributed by atoms with Crippen molar-refractivity contribution in [2.75, 3.05) is 0 Å². The van der Waals surface area contributed by atoms with E-state index in [4.69, 9.17) is 10.4 Å². The summed E-state index contributed by atoms with van der Waals surface area (Å²) in [5.41, 5.74) is 7.11. The molecule has 23 heavy (non-hydrogen) atoms. The van der Waals surface area contributed by atoms with Gasteiger partial charge in [0, 0.05) is 5.69 Å². The van der Waals surface area contributed by atoms with Crippen molar-refractivity contribution in [3.63, 3.8) is 0 Å². The van der Waals surface area contributed by atoms with Gasteiger partial charge in [-0.05, 0) is 80.7 Å². The zero-order valence-corrected chi connectivity index (χ0v) is 14.6. The standard InChI is InChI=1S/C18H19N3.C2H6/c1-11-18(15-6-7-15)12(2)21(20-11)17-8-3-13(10-19)9-16(17)14-4-5-14;1-2/h3,8-9,14-15H,4-7H2,1-2H3;1-2H3. The molecule has 3 heteroatoms. The summed E-state index contributed by atoms with van der Waals surface area (Å²) in [4.78, 5) is 0. The van der Waals surface area contributed by atoms with Crippen LogP contribution in [0, 0.1) is 25.2 Å². The Labute approximate surface area is 138 Å². The summed E-state index contributed by atoms with van der Waals surface area (Å²) in [6.45, 7) is 8.31. The molecule has 2 fully saturated rings. The van der Waals surface area contributed by atoms with Crippen LogP contribution < -0.4 is 0 Å². The normalized spacial score (nSPS) is 16.5. The van der Waals surface area contributed by atoms with E-state index < -0.39 is 0 Å². The smallest absolute Gasteiger partial charge is 0.0991 e. The van der Waals surface area contributed by atoms with E-state index in [-0.39, 0.29) is 0 Å². The highest BCUT2D eigenvalue weighted by molar-refractivity contribution is 5.51. The topological polar surface area (TPSA) is 41.6 Å². The molecule has 0 unspecified atom stereocenters. The average molecular weight is 307 g/mol. The first-order valence-corrected chi connectivity index (χ1v) is 8.79. The number of aryl methyl sites for hydroxylation is 1. The Balaban J connectivity index is 0.000000753. The molecule has 2 aromatic rings. The Morgan fingerprint density at radius 3 is 2.30 bits per heavy atom. The molecular formula is C20H25N3. The van der Waals surface area contributed by atoms with Crippen LogP contribution in [0.4, 0.5) is 0 Å². The van der Waals surface area contributed by atoms with E-state index in [0.29, 0.717) is 5.92 Å². The molecule has 2 aliphatic rings. The molecule has 0 N–H and O–H groups in total. The van der Waals surface area contributed by atoms with Crippen molar-refractivity contribution in [1.29, 1.82) is 5.26 Å². The van der Waals surface area contributed by atoms with Crippen molar-refractivity contribution < 1.29 is 0 Å².